The number of hydrogen-bond acceptors (Lipinski definition) is 1. The van der Waals surface area contributed by atoms with Gasteiger partial charge in [-0.05, 0) is 18.8 Å². The van der Waals surface area contributed by atoms with Gasteiger partial charge in [-0.3, -0.25) is 0 Å². The Kier molecular flexibility index (Phi) is 5.53. The largest absolute Gasteiger partial charge is 0.393 e. The normalized spacial score (nSPS) is 32.7. The van der Waals surface area contributed by atoms with E-state index in [9.17, 15) is 5.11 Å². The third-order valence-corrected chi connectivity index (χ3v) is 3.39. The van der Waals surface area contributed by atoms with Gasteiger partial charge < -0.3 is 5.11 Å². The minimum Gasteiger partial charge on any atom is -0.393 e. The molecule has 0 aromatic rings. The Morgan fingerprint density at radius 2 is 1.46 bits per heavy atom. The summed E-state index contributed by atoms with van der Waals surface area (Å²) < 4.78 is 0. The van der Waals surface area contributed by atoms with E-state index in [0.29, 0.717) is 5.92 Å². The maximum absolute atomic E-state index is 9.89. The third-order valence-electron chi connectivity index (χ3n) is 3.39. The Hall–Kier alpha value is 0.0249. The molecule has 0 aliphatic heterocycles. The predicted octanol–water partition coefficient (Wildman–Crippen LogP) is 2.15. The molecule has 0 aromatic heterocycles. The fourth-order valence-electron chi connectivity index (χ4n) is 2.37. The summed E-state index contributed by atoms with van der Waals surface area (Å²) in [5.41, 5.74) is 0. The highest BCUT2D eigenvalue weighted by molar-refractivity contribution is 6.08. The van der Waals surface area contributed by atoms with Gasteiger partial charge in [0.05, 0.1) is 6.10 Å². The predicted molar refractivity (Wildman–Crippen MR) is 59.8 cm³/mol. The lowest BCUT2D eigenvalue weighted by Gasteiger charge is -2.22. The summed E-state index contributed by atoms with van der Waals surface area (Å²) in [4.78, 5) is 0. The second-order valence-corrected chi connectivity index (χ2v) is 4.43. The summed E-state index contributed by atoms with van der Waals surface area (Å²) in [6.07, 6.45) is 11.5. The van der Waals surface area contributed by atoms with E-state index >= 15 is 0 Å². The van der Waals surface area contributed by atoms with E-state index in [1.807, 2.05) is 0 Å². The highest BCUT2D eigenvalue weighted by Crippen LogP contribution is 2.23. The van der Waals surface area contributed by atoms with E-state index in [4.69, 9.17) is 0 Å². The van der Waals surface area contributed by atoms with Crippen LogP contribution in [0, 0.1) is 5.92 Å². The molecule has 1 rings (SSSR count). The van der Waals surface area contributed by atoms with Crippen LogP contribution in [0.25, 0.3) is 0 Å². The van der Waals surface area contributed by atoms with Gasteiger partial charge in [-0.25, -0.2) is 0 Å². The van der Waals surface area contributed by atoms with Crippen molar-refractivity contribution < 1.29 is 5.11 Å². The molecule has 1 nitrogen and oxygen atoms in total. The Morgan fingerprint density at radius 1 is 0.923 bits per heavy atom. The number of rotatable bonds is 1. The van der Waals surface area contributed by atoms with Crippen LogP contribution >= 0.6 is 0 Å². The van der Waals surface area contributed by atoms with Crippen LogP contribution in [-0.2, 0) is 0 Å². The molecule has 1 aliphatic carbocycles. The molecule has 1 N–H and O–H groups in total. The molecule has 0 spiro atoms. The molecule has 13 heavy (non-hydrogen) atoms. The van der Waals surface area contributed by atoms with Crippen LogP contribution in [0.4, 0.5) is 0 Å². The van der Waals surface area contributed by atoms with Gasteiger partial charge in [-0.1, -0.05) is 44.8 Å². The van der Waals surface area contributed by atoms with Crippen molar-refractivity contribution in [3.63, 3.8) is 0 Å². The monoisotopic (exact) mass is 182 g/mol. The van der Waals surface area contributed by atoms with E-state index in [1.54, 1.807) is 0 Å². The van der Waals surface area contributed by atoms with Crippen molar-refractivity contribution >= 4 is 7.85 Å². The molecule has 76 valence electrons. The zero-order valence-electron chi connectivity index (χ0n) is 8.97. The van der Waals surface area contributed by atoms with Crippen molar-refractivity contribution in [1.82, 2.24) is 0 Å². The average molecular weight is 182 g/mol. The molecule has 0 heterocycles. The highest BCUT2D eigenvalue weighted by atomic mass is 16.3. The van der Waals surface area contributed by atoms with Gasteiger partial charge in [0.2, 0.25) is 0 Å². The first-order chi connectivity index (χ1) is 6.34. The Bertz CT molecular complexity index is 127. The van der Waals surface area contributed by atoms with E-state index < -0.39 is 0 Å². The van der Waals surface area contributed by atoms with Gasteiger partial charge in [0.15, 0.2) is 0 Å². The Morgan fingerprint density at radius 3 is 2.08 bits per heavy atom. The summed E-state index contributed by atoms with van der Waals surface area (Å²) in [5.74, 6) is 0.582. The standard InChI is InChI=1S/C11H23BO/c12-9-10-7-5-3-1-2-4-6-8-11(10)13/h10-11,13H,1-9,12H2/t10-,11+/m0/s1. The minimum absolute atomic E-state index is 0.0110. The summed E-state index contributed by atoms with van der Waals surface area (Å²) in [6, 6.07) is 0. The lowest BCUT2D eigenvalue weighted by atomic mass is 9.81. The van der Waals surface area contributed by atoms with E-state index in [0.717, 1.165) is 12.7 Å². The number of aliphatic hydroxyl groups is 1. The van der Waals surface area contributed by atoms with Crippen LogP contribution in [0.15, 0.2) is 0 Å². The van der Waals surface area contributed by atoms with Crippen molar-refractivity contribution in [3.05, 3.63) is 0 Å². The fraction of sp³-hybridized carbons (Fsp3) is 1.00. The van der Waals surface area contributed by atoms with E-state index in [2.05, 4.69) is 7.85 Å². The molecule has 1 saturated carbocycles. The molecule has 0 aromatic carbocycles. The first kappa shape index (κ1) is 11.1. The van der Waals surface area contributed by atoms with Gasteiger partial charge >= 0.3 is 0 Å². The van der Waals surface area contributed by atoms with Crippen LogP contribution in [0.1, 0.15) is 51.4 Å². The van der Waals surface area contributed by atoms with Crippen molar-refractivity contribution in [2.45, 2.75) is 63.8 Å². The highest BCUT2D eigenvalue weighted by Gasteiger charge is 2.16. The quantitative estimate of drug-likeness (QED) is 0.616. The van der Waals surface area contributed by atoms with Gasteiger partial charge in [-0.15, -0.1) is 0 Å². The first-order valence-corrected chi connectivity index (χ1v) is 6.02. The maximum Gasteiger partial charge on any atom is 0.101 e. The molecular formula is C11H23BO. The molecule has 0 bridgehead atoms. The smallest absolute Gasteiger partial charge is 0.101 e. The Labute approximate surface area is 83.3 Å². The van der Waals surface area contributed by atoms with Crippen molar-refractivity contribution in [2.75, 3.05) is 0 Å². The van der Waals surface area contributed by atoms with Crippen LogP contribution < -0.4 is 0 Å². The van der Waals surface area contributed by atoms with Crippen LogP contribution in [-0.4, -0.2) is 19.1 Å². The van der Waals surface area contributed by atoms with Crippen LogP contribution in [0.3, 0.4) is 0 Å². The Balaban J connectivity index is 2.32. The molecule has 1 fully saturated rings. The van der Waals surface area contributed by atoms with Crippen molar-refractivity contribution in [3.8, 4) is 0 Å². The van der Waals surface area contributed by atoms with Gasteiger partial charge in [-0.2, -0.15) is 0 Å². The van der Waals surface area contributed by atoms with Crippen molar-refractivity contribution in [2.24, 2.45) is 5.92 Å². The SMILES string of the molecule is BC[C@@H]1CCCCCCCC[C@H]1O. The molecule has 0 amide bonds. The molecule has 1 aliphatic rings. The molecule has 0 unspecified atom stereocenters. The van der Waals surface area contributed by atoms with E-state index in [-0.39, 0.29) is 6.10 Å². The minimum atomic E-state index is -0.0110. The summed E-state index contributed by atoms with van der Waals surface area (Å²) >= 11 is 0. The fourth-order valence-corrected chi connectivity index (χ4v) is 2.37. The molecule has 0 radical (unpaired) electrons. The zero-order chi connectivity index (χ0) is 9.52. The van der Waals surface area contributed by atoms with E-state index in [1.165, 1.54) is 44.9 Å². The topological polar surface area (TPSA) is 20.2 Å². The van der Waals surface area contributed by atoms with Gasteiger partial charge in [0, 0.05) is 0 Å². The molecular weight excluding hydrogens is 159 g/mol. The second kappa shape index (κ2) is 6.47. The summed E-state index contributed by atoms with van der Waals surface area (Å²) in [7, 11) is 2.21. The zero-order valence-corrected chi connectivity index (χ0v) is 8.97. The first-order valence-electron chi connectivity index (χ1n) is 6.02. The lowest BCUT2D eigenvalue weighted by molar-refractivity contribution is 0.0971. The second-order valence-electron chi connectivity index (χ2n) is 4.43. The maximum atomic E-state index is 9.89. The molecule has 2 heteroatoms. The summed E-state index contributed by atoms with van der Waals surface area (Å²) in [6.45, 7) is 0. The number of aliphatic hydroxyl groups excluding tert-OH is 1. The van der Waals surface area contributed by atoms with Gasteiger partial charge in [0.25, 0.3) is 0 Å². The number of hydrogen-bond donors (Lipinski definition) is 1. The average Bonchev–Trinajstić information content (AvgIpc) is 2.16. The lowest BCUT2D eigenvalue weighted by Crippen LogP contribution is -2.20. The van der Waals surface area contributed by atoms with Crippen LogP contribution in [0.5, 0.6) is 0 Å². The molecule has 2 atom stereocenters. The third kappa shape index (κ3) is 4.17. The van der Waals surface area contributed by atoms with Crippen molar-refractivity contribution in [1.29, 1.82) is 0 Å². The molecule has 0 saturated heterocycles. The van der Waals surface area contributed by atoms with Gasteiger partial charge in [0.1, 0.15) is 7.85 Å². The van der Waals surface area contributed by atoms with Crippen LogP contribution in [0.2, 0.25) is 6.32 Å². The summed E-state index contributed by atoms with van der Waals surface area (Å²) in [5, 5.41) is 9.89.